The van der Waals surface area contributed by atoms with Crippen LogP contribution in [0.25, 0.3) is 0 Å². The van der Waals surface area contributed by atoms with Crippen molar-refractivity contribution in [1.29, 1.82) is 0 Å². The van der Waals surface area contributed by atoms with Gasteiger partial charge in [-0.3, -0.25) is 4.79 Å². The van der Waals surface area contributed by atoms with Crippen LogP contribution in [0.15, 0.2) is 28.7 Å². The Hall–Kier alpha value is -0.580. The molecule has 1 heterocycles. The molecule has 1 aliphatic heterocycles. The lowest BCUT2D eigenvalue weighted by Crippen LogP contribution is -2.52. The van der Waals surface area contributed by atoms with E-state index in [2.05, 4.69) is 28.2 Å². The summed E-state index contributed by atoms with van der Waals surface area (Å²) in [5.41, 5.74) is 0.761. The molecule has 1 atom stereocenters. The first-order chi connectivity index (χ1) is 7.68. The number of piperazine rings is 1. The van der Waals surface area contributed by atoms with E-state index in [0.717, 1.165) is 29.7 Å². The van der Waals surface area contributed by atoms with Crippen molar-refractivity contribution in [3.05, 3.63) is 34.3 Å². The summed E-state index contributed by atoms with van der Waals surface area (Å²) < 4.78 is 0.998. The highest BCUT2D eigenvalue weighted by Crippen LogP contribution is 2.14. The van der Waals surface area contributed by atoms with Crippen LogP contribution in [0, 0.1) is 0 Å². The third-order valence-electron chi connectivity index (χ3n) is 2.85. The molecule has 17 heavy (non-hydrogen) atoms. The number of carbonyl (C=O) groups is 1. The summed E-state index contributed by atoms with van der Waals surface area (Å²) in [4.78, 5) is 14.1. The molecule has 3 nitrogen and oxygen atoms in total. The Morgan fingerprint density at radius 2 is 2.06 bits per heavy atom. The molecule has 1 N–H and O–H groups in total. The van der Waals surface area contributed by atoms with E-state index in [1.54, 1.807) is 0 Å². The Morgan fingerprint density at radius 3 is 2.65 bits per heavy atom. The number of hydrogen-bond acceptors (Lipinski definition) is 2. The molecule has 0 radical (unpaired) electrons. The molecular formula is C12H16BrClN2O. The Bertz CT molecular complexity index is 383. The summed E-state index contributed by atoms with van der Waals surface area (Å²) in [7, 11) is 0. The first-order valence-electron chi connectivity index (χ1n) is 5.46. The van der Waals surface area contributed by atoms with Crippen LogP contribution in [-0.4, -0.2) is 36.5 Å². The minimum absolute atomic E-state index is 0. The molecule has 0 aromatic heterocycles. The molecule has 1 fully saturated rings. The third kappa shape index (κ3) is 3.44. The van der Waals surface area contributed by atoms with Crippen LogP contribution >= 0.6 is 28.3 Å². The quantitative estimate of drug-likeness (QED) is 0.861. The minimum atomic E-state index is 0. The lowest BCUT2D eigenvalue weighted by Gasteiger charge is -2.34. The first-order valence-corrected chi connectivity index (χ1v) is 6.25. The molecule has 1 amide bonds. The van der Waals surface area contributed by atoms with Crippen LogP contribution in [0.1, 0.15) is 17.3 Å². The fourth-order valence-corrected chi connectivity index (χ4v) is 2.17. The van der Waals surface area contributed by atoms with Crippen molar-refractivity contribution in [3.63, 3.8) is 0 Å². The van der Waals surface area contributed by atoms with Gasteiger partial charge in [-0.2, -0.15) is 0 Å². The van der Waals surface area contributed by atoms with Crippen LogP contribution in [0.5, 0.6) is 0 Å². The van der Waals surface area contributed by atoms with E-state index in [4.69, 9.17) is 0 Å². The van der Waals surface area contributed by atoms with Crippen molar-refractivity contribution in [2.24, 2.45) is 0 Å². The molecule has 1 aromatic rings. The van der Waals surface area contributed by atoms with Crippen molar-refractivity contribution in [3.8, 4) is 0 Å². The number of hydrogen-bond donors (Lipinski definition) is 1. The zero-order valence-corrected chi connectivity index (χ0v) is 12.1. The molecule has 1 aliphatic rings. The van der Waals surface area contributed by atoms with Gasteiger partial charge in [-0.1, -0.05) is 15.9 Å². The standard InChI is InChI=1S/C12H15BrN2O.ClH/c1-9-8-14-6-7-15(9)12(16)10-2-4-11(13)5-3-10;/h2-5,9,14H,6-8H2,1H3;1H/t9-;/m1./s1. The molecule has 94 valence electrons. The molecule has 0 unspecified atom stereocenters. The molecular weight excluding hydrogens is 304 g/mol. The second-order valence-electron chi connectivity index (χ2n) is 4.06. The number of rotatable bonds is 1. The van der Waals surface area contributed by atoms with Gasteiger partial charge in [0, 0.05) is 35.7 Å². The zero-order valence-electron chi connectivity index (χ0n) is 9.65. The molecule has 1 aromatic carbocycles. The van der Waals surface area contributed by atoms with E-state index < -0.39 is 0 Å². The summed E-state index contributed by atoms with van der Waals surface area (Å²) in [5, 5.41) is 3.28. The largest absolute Gasteiger partial charge is 0.333 e. The second kappa shape index (κ2) is 6.38. The van der Waals surface area contributed by atoms with Crippen molar-refractivity contribution in [1.82, 2.24) is 10.2 Å². The van der Waals surface area contributed by atoms with Gasteiger partial charge in [0.25, 0.3) is 5.91 Å². The predicted octanol–water partition coefficient (Wildman–Crippen LogP) is 2.30. The maximum absolute atomic E-state index is 12.2. The first kappa shape index (κ1) is 14.5. The van der Waals surface area contributed by atoms with Gasteiger partial charge in [0.05, 0.1) is 0 Å². The molecule has 0 aliphatic carbocycles. The van der Waals surface area contributed by atoms with Crippen LogP contribution in [0.4, 0.5) is 0 Å². The predicted molar refractivity (Wildman–Crippen MR) is 74.8 cm³/mol. The Kier molecular flexibility index (Phi) is 5.43. The summed E-state index contributed by atoms with van der Waals surface area (Å²) in [6.07, 6.45) is 0. The SMILES string of the molecule is C[C@@H]1CNCCN1C(=O)c1ccc(Br)cc1.Cl. The fourth-order valence-electron chi connectivity index (χ4n) is 1.90. The van der Waals surface area contributed by atoms with Crippen LogP contribution < -0.4 is 5.32 Å². The second-order valence-corrected chi connectivity index (χ2v) is 4.97. The molecule has 2 rings (SSSR count). The monoisotopic (exact) mass is 318 g/mol. The van der Waals surface area contributed by atoms with Gasteiger partial charge in [0.15, 0.2) is 0 Å². The fraction of sp³-hybridized carbons (Fsp3) is 0.417. The highest BCUT2D eigenvalue weighted by molar-refractivity contribution is 9.10. The van der Waals surface area contributed by atoms with E-state index in [9.17, 15) is 4.79 Å². The van der Waals surface area contributed by atoms with E-state index in [1.165, 1.54) is 0 Å². The third-order valence-corrected chi connectivity index (χ3v) is 3.38. The highest BCUT2D eigenvalue weighted by atomic mass is 79.9. The number of nitrogens with zero attached hydrogens (tertiary/aromatic N) is 1. The Balaban J connectivity index is 0.00000144. The Labute approximate surface area is 116 Å². The minimum Gasteiger partial charge on any atom is -0.333 e. The molecule has 0 saturated carbocycles. The van der Waals surface area contributed by atoms with Crippen molar-refractivity contribution < 1.29 is 4.79 Å². The molecule has 0 spiro atoms. The van der Waals surface area contributed by atoms with E-state index in [-0.39, 0.29) is 24.4 Å². The zero-order chi connectivity index (χ0) is 11.5. The lowest BCUT2D eigenvalue weighted by molar-refractivity contribution is 0.0656. The smallest absolute Gasteiger partial charge is 0.254 e. The number of nitrogens with one attached hydrogen (secondary N) is 1. The van der Waals surface area contributed by atoms with Gasteiger partial charge in [0.1, 0.15) is 0 Å². The summed E-state index contributed by atoms with van der Waals surface area (Å²) >= 11 is 3.37. The van der Waals surface area contributed by atoms with Crippen molar-refractivity contribution >= 4 is 34.2 Å². The van der Waals surface area contributed by atoms with Crippen LogP contribution in [-0.2, 0) is 0 Å². The maximum Gasteiger partial charge on any atom is 0.254 e. The number of halogens is 2. The highest BCUT2D eigenvalue weighted by Gasteiger charge is 2.23. The summed E-state index contributed by atoms with van der Waals surface area (Å²) in [5.74, 6) is 0.126. The van der Waals surface area contributed by atoms with Gasteiger partial charge in [-0.25, -0.2) is 0 Å². The normalized spacial score (nSPS) is 19.6. The number of benzene rings is 1. The van der Waals surface area contributed by atoms with Crippen molar-refractivity contribution in [2.45, 2.75) is 13.0 Å². The van der Waals surface area contributed by atoms with Crippen molar-refractivity contribution in [2.75, 3.05) is 19.6 Å². The number of amides is 1. The van der Waals surface area contributed by atoms with Gasteiger partial charge in [-0.15, -0.1) is 12.4 Å². The van der Waals surface area contributed by atoms with Gasteiger partial charge in [0.2, 0.25) is 0 Å². The van der Waals surface area contributed by atoms with E-state index in [1.807, 2.05) is 29.2 Å². The number of carbonyl (C=O) groups excluding carboxylic acids is 1. The van der Waals surface area contributed by atoms with Gasteiger partial charge < -0.3 is 10.2 Å². The maximum atomic E-state index is 12.2. The Morgan fingerprint density at radius 1 is 1.41 bits per heavy atom. The summed E-state index contributed by atoms with van der Waals surface area (Å²) in [6.45, 7) is 4.62. The molecule has 5 heteroatoms. The lowest BCUT2D eigenvalue weighted by atomic mass is 10.1. The van der Waals surface area contributed by atoms with E-state index in [0.29, 0.717) is 0 Å². The average Bonchev–Trinajstić information content (AvgIpc) is 2.30. The molecule has 1 saturated heterocycles. The topological polar surface area (TPSA) is 32.3 Å². The van der Waals surface area contributed by atoms with Crippen LogP contribution in [0.3, 0.4) is 0 Å². The van der Waals surface area contributed by atoms with Gasteiger partial charge >= 0.3 is 0 Å². The van der Waals surface area contributed by atoms with Gasteiger partial charge in [-0.05, 0) is 31.2 Å². The summed E-state index contributed by atoms with van der Waals surface area (Å²) in [6, 6.07) is 7.80. The average molecular weight is 320 g/mol. The molecule has 0 bridgehead atoms. The van der Waals surface area contributed by atoms with Crippen LogP contribution in [0.2, 0.25) is 0 Å². The van der Waals surface area contributed by atoms with E-state index >= 15 is 0 Å².